The fourth-order valence-corrected chi connectivity index (χ4v) is 13.5. The van der Waals surface area contributed by atoms with Gasteiger partial charge in [0.15, 0.2) is 0 Å². The number of hydrogen-bond donors (Lipinski definition) is 8. The maximum absolute atomic E-state index is 14.2. The number of carbonyl (C=O) groups excluding carboxylic acids is 6. The van der Waals surface area contributed by atoms with Crippen LogP contribution in [0, 0.1) is 12.8 Å². The first-order chi connectivity index (χ1) is 38.0. The number of pyridine rings is 1. The monoisotopic (exact) mass is 1180 g/mol. The summed E-state index contributed by atoms with van der Waals surface area (Å²) in [6.07, 6.45) is -2.27. The first kappa shape index (κ1) is 56.1. The average Bonchev–Trinajstić information content (AvgIpc) is 4.33. The molecule has 1 aromatic carbocycles. The summed E-state index contributed by atoms with van der Waals surface area (Å²) in [6, 6.07) is 9.31. The summed E-state index contributed by atoms with van der Waals surface area (Å²) >= 11 is 7.01. The van der Waals surface area contributed by atoms with Crippen molar-refractivity contribution in [3.63, 3.8) is 0 Å². The number of benzene rings is 1. The summed E-state index contributed by atoms with van der Waals surface area (Å²) in [4.78, 5) is 127. The molecule has 4 atom stereocenters. The van der Waals surface area contributed by atoms with Crippen LogP contribution >= 0.6 is 68.0 Å². The summed E-state index contributed by atoms with van der Waals surface area (Å²) < 4.78 is 5.43. The second-order valence-electron chi connectivity index (χ2n) is 17.8. The molecular weight excluding hydrogens is 1140 g/mol. The summed E-state index contributed by atoms with van der Waals surface area (Å²) in [5.41, 5.74) is 2.48. The van der Waals surface area contributed by atoms with E-state index < -0.39 is 78.6 Å². The molecule has 29 heteroatoms. The van der Waals surface area contributed by atoms with Crippen LogP contribution in [-0.4, -0.2) is 107 Å². The van der Waals surface area contributed by atoms with Gasteiger partial charge in [-0.25, -0.2) is 34.9 Å². The SMILES string of the molecule is CNC(=O)C[C@@H]1NC(=O)c2csc(n2)-c2ccc(-c3nc(NC(=O)CC(=O)O)cs3)nc2-c2csc(n2)-c2csc(n2)[C@H]([C@@H](O)c2ccccc2)NC(=O)CNC(=O)c2nc(sc2COC)[C@@H](C(C)C)NC(=O)c2nc1sc2C. The molecule has 23 nitrogen and oxygen atoms in total. The summed E-state index contributed by atoms with van der Waals surface area (Å²) in [6.45, 7) is 4.92. The number of nitrogens with zero attached hydrogens (tertiary/aromatic N) is 7. The lowest BCUT2D eigenvalue weighted by Crippen LogP contribution is -2.40. The van der Waals surface area contributed by atoms with Gasteiger partial charge in [-0.3, -0.25) is 33.6 Å². The Morgan fingerprint density at radius 1 is 0.696 bits per heavy atom. The number of amides is 6. The van der Waals surface area contributed by atoms with E-state index in [4.69, 9.17) is 29.8 Å². The van der Waals surface area contributed by atoms with Gasteiger partial charge in [-0.05, 0) is 30.5 Å². The molecule has 7 aromatic heterocycles. The smallest absolute Gasteiger partial charge is 0.312 e. The minimum atomic E-state index is -1.30. The van der Waals surface area contributed by atoms with Crippen molar-refractivity contribution < 1.29 is 48.5 Å². The predicted molar refractivity (Wildman–Crippen MR) is 298 cm³/mol. The van der Waals surface area contributed by atoms with Gasteiger partial charge >= 0.3 is 5.97 Å². The van der Waals surface area contributed by atoms with Gasteiger partial charge < -0.3 is 46.9 Å². The van der Waals surface area contributed by atoms with Crippen molar-refractivity contribution in [2.45, 2.75) is 64.4 Å². The molecule has 10 bridgehead atoms. The van der Waals surface area contributed by atoms with Gasteiger partial charge in [-0.2, -0.15) is 0 Å². The number of nitrogens with one attached hydrogen (secondary N) is 6. The maximum Gasteiger partial charge on any atom is 0.312 e. The molecule has 0 fully saturated rings. The highest BCUT2D eigenvalue weighted by atomic mass is 32.1. The number of aliphatic hydroxyl groups is 1. The van der Waals surface area contributed by atoms with Gasteiger partial charge in [0.25, 0.3) is 17.7 Å². The number of aryl methyl sites for hydroxylation is 1. The number of ether oxygens (including phenoxy) is 1. The first-order valence-electron chi connectivity index (χ1n) is 23.9. The molecule has 8 N–H and O–H groups in total. The Morgan fingerprint density at radius 3 is 2.15 bits per heavy atom. The van der Waals surface area contributed by atoms with E-state index in [1.807, 2.05) is 13.8 Å². The number of rotatable bonds is 11. The lowest BCUT2D eigenvalue weighted by molar-refractivity contribution is -0.139. The molecule has 8 heterocycles. The molecule has 0 unspecified atom stereocenters. The Bertz CT molecular complexity index is 3610. The molecule has 0 aliphatic carbocycles. The molecule has 6 amide bonds. The zero-order valence-corrected chi connectivity index (χ0v) is 47.2. The highest BCUT2D eigenvalue weighted by molar-refractivity contribution is 7.15. The minimum Gasteiger partial charge on any atom is -0.481 e. The molecule has 0 saturated carbocycles. The number of aliphatic carboxylic acids is 1. The number of anilines is 1. The van der Waals surface area contributed by atoms with Crippen LogP contribution in [0.4, 0.5) is 5.82 Å². The van der Waals surface area contributed by atoms with Crippen LogP contribution in [0.2, 0.25) is 0 Å². The van der Waals surface area contributed by atoms with Crippen LogP contribution in [0.3, 0.4) is 0 Å². The largest absolute Gasteiger partial charge is 0.481 e. The number of carboxylic acids is 1. The second kappa shape index (κ2) is 24.6. The number of methoxy groups -OCH3 is 1. The molecule has 9 rings (SSSR count). The topological polar surface area (TPSA) is 332 Å². The summed E-state index contributed by atoms with van der Waals surface area (Å²) in [7, 11) is 2.92. The third-order valence-corrected chi connectivity index (χ3v) is 17.6. The zero-order chi connectivity index (χ0) is 56.1. The van der Waals surface area contributed by atoms with Crippen LogP contribution in [0.15, 0.2) is 64.0 Å². The van der Waals surface area contributed by atoms with Crippen molar-refractivity contribution in [3.05, 3.63) is 111 Å². The standard InChI is InChI=1S/C50H47N13O10S6/c1-21(2)36-50-63-39(30(79-50)16-73-5)43(71)52-15-34(66)60-40(41(69)23-9-7-6-8-10-23)49-57-29(19-76-49)47-55-27(17-75-47)38-24(11-12-25(53-38)46-59-31(20-77-46)58-33(65)14-35(67)68)45-56-28(18-74-45)42(70)54-26(13-32(64)51-4)48-62-37(22(3)78-48)44(72)61-36/h6-12,17-21,26,36,40-41,69H,13-16H2,1-5H3,(H,51,64)(H,52,71)(H,54,70)(H,58,65)(H,60,66)(H,61,72)(H,67,68)/t26-,36+,40-,41-/m0/s1. The van der Waals surface area contributed by atoms with Gasteiger partial charge in [-0.1, -0.05) is 44.2 Å². The third kappa shape index (κ3) is 12.9. The molecule has 0 spiro atoms. The van der Waals surface area contributed by atoms with E-state index >= 15 is 0 Å². The van der Waals surface area contributed by atoms with E-state index in [2.05, 4.69) is 46.9 Å². The van der Waals surface area contributed by atoms with Crippen molar-refractivity contribution in [2.24, 2.45) is 5.92 Å². The normalized spacial score (nSPS) is 16.5. The second-order valence-corrected chi connectivity index (χ2v) is 23.6. The van der Waals surface area contributed by atoms with E-state index in [9.17, 15) is 38.7 Å². The van der Waals surface area contributed by atoms with E-state index in [1.165, 1.54) is 36.8 Å². The Kier molecular flexibility index (Phi) is 17.4. The van der Waals surface area contributed by atoms with E-state index in [-0.39, 0.29) is 46.9 Å². The molecule has 0 radical (unpaired) electrons. The van der Waals surface area contributed by atoms with E-state index in [0.717, 1.165) is 45.3 Å². The first-order valence-corrected chi connectivity index (χ1v) is 29.1. The van der Waals surface area contributed by atoms with Gasteiger partial charge in [0, 0.05) is 46.1 Å². The number of fused-ring (bicyclic) bond motifs is 14. The third-order valence-electron chi connectivity index (χ3n) is 11.8. The molecule has 408 valence electrons. The molecule has 1 aliphatic heterocycles. The van der Waals surface area contributed by atoms with Crippen LogP contribution in [0.1, 0.15) is 113 Å². The fraction of sp³-hybridized carbons (Fsp3) is 0.280. The minimum absolute atomic E-state index is 0.00283. The molecule has 8 aromatic rings. The van der Waals surface area contributed by atoms with Crippen molar-refractivity contribution in [3.8, 4) is 43.4 Å². The number of carbonyl (C=O) groups is 7. The number of thiazole rings is 6. The lowest BCUT2D eigenvalue weighted by Gasteiger charge is -2.23. The molecule has 0 saturated heterocycles. The molecular formula is C50H47N13O10S6. The quantitative estimate of drug-likeness (QED) is 0.0623. The van der Waals surface area contributed by atoms with Crippen molar-refractivity contribution >= 4 is 115 Å². The number of aliphatic hydroxyl groups excluding tert-OH is 1. The number of hydrogen-bond acceptors (Lipinski definition) is 22. The van der Waals surface area contributed by atoms with Crippen LogP contribution < -0.4 is 31.9 Å². The average molecular weight is 1180 g/mol. The zero-order valence-electron chi connectivity index (χ0n) is 42.3. The molecule has 1 aliphatic rings. The van der Waals surface area contributed by atoms with Gasteiger partial charge in [0.1, 0.15) is 88.6 Å². The maximum atomic E-state index is 14.2. The van der Waals surface area contributed by atoms with Gasteiger partial charge in [0.05, 0.1) is 42.2 Å². The Morgan fingerprint density at radius 2 is 1.41 bits per heavy atom. The number of aromatic nitrogens is 7. The van der Waals surface area contributed by atoms with Crippen molar-refractivity contribution in [2.75, 3.05) is 26.0 Å². The predicted octanol–water partition coefficient (Wildman–Crippen LogP) is 6.73. The van der Waals surface area contributed by atoms with E-state index in [0.29, 0.717) is 68.7 Å². The Hall–Kier alpha value is -7.64. The highest BCUT2D eigenvalue weighted by Crippen LogP contribution is 2.40. The summed E-state index contributed by atoms with van der Waals surface area (Å²) in [5.74, 6) is -5.12. The summed E-state index contributed by atoms with van der Waals surface area (Å²) in [5, 5.41) is 46.2. The highest BCUT2D eigenvalue weighted by Gasteiger charge is 2.33. The van der Waals surface area contributed by atoms with E-state index in [1.54, 1.807) is 70.9 Å². The molecule has 79 heavy (non-hydrogen) atoms. The van der Waals surface area contributed by atoms with Gasteiger partial charge in [0.2, 0.25) is 17.7 Å². The lowest BCUT2D eigenvalue weighted by atomic mass is 10.0. The van der Waals surface area contributed by atoms with Gasteiger partial charge in [-0.15, -0.1) is 68.0 Å². The van der Waals surface area contributed by atoms with Crippen LogP contribution in [0.5, 0.6) is 0 Å². The van der Waals surface area contributed by atoms with Crippen molar-refractivity contribution in [1.82, 2.24) is 61.5 Å². The Labute approximate surface area is 473 Å². The van der Waals surface area contributed by atoms with Crippen LogP contribution in [-0.2, 0) is 30.5 Å². The number of carboxylic acid groups (broad SMARTS) is 1. The van der Waals surface area contributed by atoms with Crippen molar-refractivity contribution in [1.29, 1.82) is 0 Å². The van der Waals surface area contributed by atoms with Crippen LogP contribution in [0.25, 0.3) is 43.4 Å². The Balaban J connectivity index is 1.13. The fourth-order valence-electron chi connectivity index (χ4n) is 7.97.